The molecule has 0 saturated carbocycles. The molecule has 0 aliphatic rings. The molecule has 3 rings (SSSR count). The number of carbonyl (C=O) groups is 1. The Morgan fingerprint density at radius 1 is 1.04 bits per heavy atom. The van der Waals surface area contributed by atoms with Crippen molar-refractivity contribution in [2.75, 3.05) is 7.11 Å². The summed E-state index contributed by atoms with van der Waals surface area (Å²) >= 11 is 0. The van der Waals surface area contributed by atoms with Crippen LogP contribution in [-0.2, 0) is 6.54 Å². The number of methoxy groups -OCH3 is 1. The maximum absolute atomic E-state index is 13.0. The van der Waals surface area contributed by atoms with Crippen LogP contribution in [0.25, 0.3) is 10.8 Å². The third-order valence-electron chi connectivity index (χ3n) is 4.28. The number of nitrogens with one attached hydrogen (secondary N) is 2. The highest BCUT2D eigenvalue weighted by atomic mass is 19.1. The smallest absolute Gasteiger partial charge is 0.315 e. The lowest BCUT2D eigenvalue weighted by atomic mass is 10.1. The molecule has 0 aliphatic carbocycles. The average molecular weight is 352 g/mol. The Bertz CT molecular complexity index is 910. The fourth-order valence-corrected chi connectivity index (χ4v) is 2.78. The molecule has 3 aromatic carbocycles. The molecule has 134 valence electrons. The average Bonchev–Trinajstić information content (AvgIpc) is 2.66. The van der Waals surface area contributed by atoms with Crippen LogP contribution in [0.4, 0.5) is 9.18 Å². The first kappa shape index (κ1) is 17.7. The molecule has 4 nitrogen and oxygen atoms in total. The molecule has 2 amide bonds. The number of carbonyl (C=O) groups excluding carboxylic acids is 1. The Balaban J connectivity index is 1.58. The standard InChI is InChI=1S/C21H21FN2O2/c1-14(16-5-8-19(22)9-6-16)24-21(25)23-13-15-3-4-18-12-20(26-2)10-7-17(18)11-15/h3-12,14H,13H2,1-2H3,(H2,23,24,25). The predicted octanol–water partition coefficient (Wildman–Crippen LogP) is 4.55. The highest BCUT2D eigenvalue weighted by Crippen LogP contribution is 2.21. The van der Waals surface area contributed by atoms with Crippen molar-refractivity contribution in [2.45, 2.75) is 19.5 Å². The zero-order valence-corrected chi connectivity index (χ0v) is 14.8. The van der Waals surface area contributed by atoms with E-state index in [-0.39, 0.29) is 17.9 Å². The van der Waals surface area contributed by atoms with Gasteiger partial charge in [0.1, 0.15) is 11.6 Å². The van der Waals surface area contributed by atoms with Crippen molar-refractivity contribution >= 4 is 16.8 Å². The molecule has 0 fully saturated rings. The Labute approximate surface area is 152 Å². The largest absolute Gasteiger partial charge is 0.497 e. The van der Waals surface area contributed by atoms with Gasteiger partial charge in [0.15, 0.2) is 0 Å². The van der Waals surface area contributed by atoms with Crippen LogP contribution >= 0.6 is 0 Å². The summed E-state index contributed by atoms with van der Waals surface area (Å²) in [5.41, 5.74) is 1.86. The van der Waals surface area contributed by atoms with E-state index < -0.39 is 0 Å². The molecule has 0 radical (unpaired) electrons. The fraction of sp³-hybridized carbons (Fsp3) is 0.190. The van der Waals surface area contributed by atoms with Crippen molar-refractivity contribution in [1.29, 1.82) is 0 Å². The van der Waals surface area contributed by atoms with Gasteiger partial charge in [0.2, 0.25) is 0 Å². The molecule has 3 aromatic rings. The number of benzene rings is 3. The minimum atomic E-state index is -0.292. The summed E-state index contributed by atoms with van der Waals surface area (Å²) in [6.07, 6.45) is 0. The Morgan fingerprint density at radius 2 is 1.73 bits per heavy atom. The van der Waals surface area contributed by atoms with Gasteiger partial charge >= 0.3 is 6.03 Å². The topological polar surface area (TPSA) is 50.4 Å². The van der Waals surface area contributed by atoms with Crippen LogP contribution in [-0.4, -0.2) is 13.1 Å². The second-order valence-corrected chi connectivity index (χ2v) is 6.15. The fourth-order valence-electron chi connectivity index (χ4n) is 2.78. The minimum absolute atomic E-state index is 0.209. The highest BCUT2D eigenvalue weighted by molar-refractivity contribution is 5.84. The summed E-state index contributed by atoms with van der Waals surface area (Å²) in [5.74, 6) is 0.525. The number of halogens is 1. The van der Waals surface area contributed by atoms with Gasteiger partial charge in [-0.15, -0.1) is 0 Å². The van der Waals surface area contributed by atoms with Gasteiger partial charge in [-0.3, -0.25) is 0 Å². The molecule has 0 bridgehead atoms. The lowest BCUT2D eigenvalue weighted by Gasteiger charge is -2.15. The molecule has 0 aliphatic heterocycles. The SMILES string of the molecule is COc1ccc2cc(CNC(=O)NC(C)c3ccc(F)cc3)ccc2c1. The van der Waals surface area contributed by atoms with Gasteiger partial charge in [0.05, 0.1) is 13.2 Å². The number of urea groups is 1. The molecule has 1 unspecified atom stereocenters. The normalized spacial score (nSPS) is 11.8. The van der Waals surface area contributed by atoms with Crippen molar-refractivity contribution in [3.63, 3.8) is 0 Å². The van der Waals surface area contributed by atoms with Crippen LogP contribution in [0.2, 0.25) is 0 Å². The van der Waals surface area contributed by atoms with Crippen molar-refractivity contribution in [1.82, 2.24) is 10.6 Å². The third-order valence-corrected chi connectivity index (χ3v) is 4.28. The lowest BCUT2D eigenvalue weighted by Crippen LogP contribution is -2.36. The van der Waals surface area contributed by atoms with E-state index in [9.17, 15) is 9.18 Å². The number of hydrogen-bond donors (Lipinski definition) is 2. The predicted molar refractivity (Wildman–Crippen MR) is 101 cm³/mol. The van der Waals surface area contributed by atoms with E-state index in [1.54, 1.807) is 19.2 Å². The van der Waals surface area contributed by atoms with Crippen molar-refractivity contribution in [3.8, 4) is 5.75 Å². The van der Waals surface area contributed by atoms with E-state index in [0.717, 1.165) is 27.6 Å². The van der Waals surface area contributed by atoms with Crippen LogP contribution in [0.1, 0.15) is 24.1 Å². The molecule has 26 heavy (non-hydrogen) atoms. The summed E-state index contributed by atoms with van der Waals surface area (Å²) in [5, 5.41) is 7.87. The Hall–Kier alpha value is -3.08. The number of amides is 2. The van der Waals surface area contributed by atoms with Gasteiger partial charge in [-0.25, -0.2) is 9.18 Å². The second kappa shape index (κ2) is 7.87. The van der Waals surface area contributed by atoms with E-state index in [0.29, 0.717) is 6.54 Å². The first-order valence-electron chi connectivity index (χ1n) is 8.41. The van der Waals surface area contributed by atoms with Gasteiger partial charge in [0, 0.05) is 6.54 Å². The summed E-state index contributed by atoms with van der Waals surface area (Å²) < 4.78 is 18.2. The van der Waals surface area contributed by atoms with Gasteiger partial charge in [-0.2, -0.15) is 0 Å². The van der Waals surface area contributed by atoms with E-state index in [1.165, 1.54) is 12.1 Å². The number of ether oxygens (including phenoxy) is 1. The van der Waals surface area contributed by atoms with Gasteiger partial charge in [0.25, 0.3) is 0 Å². The summed E-state index contributed by atoms with van der Waals surface area (Å²) in [6.45, 7) is 2.28. The molecular formula is C21H21FN2O2. The maximum Gasteiger partial charge on any atom is 0.315 e. The monoisotopic (exact) mass is 352 g/mol. The van der Waals surface area contributed by atoms with Crippen molar-refractivity contribution in [2.24, 2.45) is 0 Å². The van der Waals surface area contributed by atoms with E-state index in [4.69, 9.17) is 4.74 Å². The van der Waals surface area contributed by atoms with Gasteiger partial charge < -0.3 is 15.4 Å². The van der Waals surface area contributed by atoms with E-state index in [1.807, 2.05) is 43.3 Å². The first-order chi connectivity index (χ1) is 12.5. The molecule has 5 heteroatoms. The molecule has 2 N–H and O–H groups in total. The number of rotatable bonds is 5. The number of hydrogen-bond acceptors (Lipinski definition) is 2. The van der Waals surface area contributed by atoms with Crippen LogP contribution in [0.15, 0.2) is 60.7 Å². The molecule has 0 heterocycles. The molecule has 0 aromatic heterocycles. The third kappa shape index (κ3) is 4.30. The zero-order chi connectivity index (χ0) is 18.5. The summed E-state index contributed by atoms with van der Waals surface area (Å²) in [7, 11) is 1.64. The first-order valence-corrected chi connectivity index (χ1v) is 8.41. The summed E-state index contributed by atoms with van der Waals surface area (Å²) in [6, 6.07) is 17.5. The van der Waals surface area contributed by atoms with E-state index >= 15 is 0 Å². The minimum Gasteiger partial charge on any atom is -0.497 e. The lowest BCUT2D eigenvalue weighted by molar-refractivity contribution is 0.237. The van der Waals surface area contributed by atoms with Crippen LogP contribution < -0.4 is 15.4 Å². The van der Waals surface area contributed by atoms with Crippen molar-refractivity contribution < 1.29 is 13.9 Å². The second-order valence-electron chi connectivity index (χ2n) is 6.15. The molecule has 1 atom stereocenters. The molecular weight excluding hydrogens is 331 g/mol. The van der Waals surface area contributed by atoms with Gasteiger partial charge in [-0.1, -0.05) is 30.3 Å². The van der Waals surface area contributed by atoms with Crippen LogP contribution in [0.3, 0.4) is 0 Å². The molecule has 0 saturated heterocycles. The van der Waals surface area contributed by atoms with Crippen LogP contribution in [0, 0.1) is 5.82 Å². The summed E-state index contributed by atoms with van der Waals surface area (Å²) in [4.78, 5) is 12.1. The van der Waals surface area contributed by atoms with Crippen molar-refractivity contribution in [3.05, 3.63) is 77.6 Å². The quantitative estimate of drug-likeness (QED) is 0.708. The Morgan fingerprint density at radius 3 is 2.46 bits per heavy atom. The van der Waals surface area contributed by atoms with Crippen LogP contribution in [0.5, 0.6) is 5.75 Å². The number of fused-ring (bicyclic) bond motifs is 1. The van der Waals surface area contributed by atoms with Gasteiger partial charge in [-0.05, 0) is 59.2 Å². The zero-order valence-electron chi connectivity index (χ0n) is 14.8. The highest BCUT2D eigenvalue weighted by Gasteiger charge is 2.09. The molecule has 0 spiro atoms. The Kier molecular flexibility index (Phi) is 5.37. The maximum atomic E-state index is 13.0. The van der Waals surface area contributed by atoms with E-state index in [2.05, 4.69) is 10.6 Å².